The van der Waals surface area contributed by atoms with E-state index in [9.17, 15) is 21.6 Å². The highest BCUT2D eigenvalue weighted by molar-refractivity contribution is 7.89. The van der Waals surface area contributed by atoms with Gasteiger partial charge in [0.25, 0.3) is 0 Å². The monoisotopic (exact) mass is 406 g/mol. The average Bonchev–Trinajstić information content (AvgIpc) is 3.06. The van der Waals surface area contributed by atoms with Crippen molar-refractivity contribution in [3.05, 3.63) is 18.3 Å². The summed E-state index contributed by atoms with van der Waals surface area (Å²) in [6.07, 6.45) is 0.674. The van der Waals surface area contributed by atoms with Crippen molar-refractivity contribution in [1.82, 2.24) is 14.2 Å². The molecule has 2 aliphatic rings. The number of pyridine rings is 1. The van der Waals surface area contributed by atoms with E-state index in [-0.39, 0.29) is 10.8 Å². The van der Waals surface area contributed by atoms with Gasteiger partial charge in [-0.3, -0.25) is 4.90 Å². The van der Waals surface area contributed by atoms with Crippen LogP contribution in [-0.2, 0) is 10.0 Å². The van der Waals surface area contributed by atoms with Gasteiger partial charge in [-0.05, 0) is 43.9 Å². The Labute approximate surface area is 157 Å². The van der Waals surface area contributed by atoms with Gasteiger partial charge in [0.2, 0.25) is 10.0 Å². The van der Waals surface area contributed by atoms with Gasteiger partial charge in [-0.1, -0.05) is 6.42 Å². The highest BCUT2D eigenvalue weighted by Crippen LogP contribution is 2.24. The molecular formula is C17H25F3N4O2S. The Morgan fingerprint density at radius 2 is 1.89 bits per heavy atom. The number of aromatic nitrogens is 1. The molecule has 1 atom stereocenters. The van der Waals surface area contributed by atoms with Gasteiger partial charge in [-0.15, -0.1) is 0 Å². The summed E-state index contributed by atoms with van der Waals surface area (Å²) in [5.74, 6) is 0.646. The van der Waals surface area contributed by atoms with E-state index < -0.39 is 22.7 Å². The fourth-order valence-electron chi connectivity index (χ4n) is 3.62. The van der Waals surface area contributed by atoms with Gasteiger partial charge < -0.3 is 5.32 Å². The molecule has 1 aromatic heterocycles. The van der Waals surface area contributed by atoms with Gasteiger partial charge in [0.1, 0.15) is 10.7 Å². The highest BCUT2D eigenvalue weighted by atomic mass is 32.2. The molecule has 2 fully saturated rings. The molecule has 10 heteroatoms. The maximum absolute atomic E-state index is 12.6. The number of alkyl halides is 3. The van der Waals surface area contributed by atoms with Gasteiger partial charge in [-0.2, -0.15) is 17.5 Å². The Bertz CT molecular complexity index is 719. The molecule has 3 rings (SSSR count). The quantitative estimate of drug-likeness (QED) is 0.787. The molecule has 0 radical (unpaired) electrons. The molecule has 152 valence electrons. The van der Waals surface area contributed by atoms with E-state index in [0.29, 0.717) is 45.0 Å². The normalized spacial score (nSPS) is 22.9. The molecule has 0 spiro atoms. The Morgan fingerprint density at radius 3 is 2.52 bits per heavy atom. The fraction of sp³-hybridized carbons (Fsp3) is 0.706. The third-order valence-corrected chi connectivity index (χ3v) is 6.92. The zero-order chi connectivity index (χ0) is 19.5. The molecule has 2 saturated heterocycles. The lowest BCUT2D eigenvalue weighted by Gasteiger charge is -2.25. The van der Waals surface area contributed by atoms with Crippen LogP contribution in [-0.4, -0.2) is 68.1 Å². The van der Waals surface area contributed by atoms with Crippen LogP contribution in [0, 0.1) is 5.92 Å². The number of halogens is 3. The van der Waals surface area contributed by atoms with E-state index in [4.69, 9.17) is 0 Å². The van der Waals surface area contributed by atoms with Crippen molar-refractivity contribution in [2.45, 2.75) is 36.8 Å². The second kappa shape index (κ2) is 8.32. The molecule has 1 N–H and O–H groups in total. The second-order valence-corrected chi connectivity index (χ2v) is 9.17. The summed E-state index contributed by atoms with van der Waals surface area (Å²) in [4.78, 5) is 5.75. The van der Waals surface area contributed by atoms with Crippen molar-refractivity contribution in [3.63, 3.8) is 0 Å². The number of piperidine rings is 1. The Hall–Kier alpha value is -1.39. The van der Waals surface area contributed by atoms with E-state index in [1.54, 1.807) is 6.07 Å². The average molecular weight is 406 g/mol. The van der Waals surface area contributed by atoms with Crippen LogP contribution in [0.3, 0.4) is 0 Å². The van der Waals surface area contributed by atoms with Gasteiger partial charge in [0.05, 0.1) is 6.54 Å². The largest absolute Gasteiger partial charge is 0.401 e. The lowest BCUT2D eigenvalue weighted by molar-refractivity contribution is -0.143. The first-order chi connectivity index (χ1) is 12.7. The van der Waals surface area contributed by atoms with Gasteiger partial charge in [0, 0.05) is 32.4 Å². The standard InChI is InChI=1S/C17H25F3N4O2S/c18-17(19,20)13-23-9-6-14(12-23)10-21-16-5-4-15(11-22-16)27(25,26)24-7-2-1-3-8-24/h4-5,11,14H,1-3,6-10,12-13H2,(H,21,22). The van der Waals surface area contributed by atoms with Crippen molar-refractivity contribution < 1.29 is 21.6 Å². The fourth-order valence-corrected chi connectivity index (χ4v) is 5.08. The molecule has 1 aromatic rings. The van der Waals surface area contributed by atoms with Crippen LogP contribution in [0.15, 0.2) is 23.2 Å². The van der Waals surface area contributed by atoms with Crippen LogP contribution in [0.1, 0.15) is 25.7 Å². The molecule has 0 bridgehead atoms. The number of hydrogen-bond acceptors (Lipinski definition) is 5. The summed E-state index contributed by atoms with van der Waals surface area (Å²) >= 11 is 0. The number of hydrogen-bond donors (Lipinski definition) is 1. The molecule has 6 nitrogen and oxygen atoms in total. The Morgan fingerprint density at radius 1 is 1.15 bits per heavy atom. The predicted molar refractivity (Wildman–Crippen MR) is 95.9 cm³/mol. The molecule has 3 heterocycles. The smallest absolute Gasteiger partial charge is 0.370 e. The van der Waals surface area contributed by atoms with E-state index >= 15 is 0 Å². The zero-order valence-electron chi connectivity index (χ0n) is 15.1. The minimum atomic E-state index is -4.17. The molecule has 0 saturated carbocycles. The highest BCUT2D eigenvalue weighted by Gasteiger charge is 2.34. The summed E-state index contributed by atoms with van der Waals surface area (Å²) in [7, 11) is -3.50. The molecule has 0 amide bonds. The minimum absolute atomic E-state index is 0.117. The Balaban J connectivity index is 1.51. The maximum atomic E-state index is 12.6. The van der Waals surface area contributed by atoms with Crippen molar-refractivity contribution in [2.75, 3.05) is 44.6 Å². The summed E-state index contributed by atoms with van der Waals surface area (Å²) < 4.78 is 64.0. The number of anilines is 1. The first-order valence-electron chi connectivity index (χ1n) is 9.23. The minimum Gasteiger partial charge on any atom is -0.370 e. The Kier molecular flexibility index (Phi) is 6.27. The van der Waals surface area contributed by atoms with Gasteiger partial charge in [-0.25, -0.2) is 13.4 Å². The molecule has 0 aromatic carbocycles. The van der Waals surface area contributed by atoms with Crippen molar-refractivity contribution >= 4 is 15.8 Å². The van der Waals surface area contributed by atoms with E-state index in [1.165, 1.54) is 21.5 Å². The zero-order valence-corrected chi connectivity index (χ0v) is 15.9. The lowest BCUT2D eigenvalue weighted by Crippen LogP contribution is -2.35. The summed E-state index contributed by atoms with van der Waals surface area (Å²) in [6, 6.07) is 3.14. The number of nitrogens with one attached hydrogen (secondary N) is 1. The molecule has 2 aliphatic heterocycles. The SMILES string of the molecule is O=S(=O)(c1ccc(NCC2CCN(CC(F)(F)F)C2)nc1)N1CCCCC1. The third kappa shape index (κ3) is 5.55. The van der Waals surface area contributed by atoms with E-state index in [1.807, 2.05) is 0 Å². The summed E-state index contributed by atoms with van der Waals surface area (Å²) in [5.41, 5.74) is 0. The number of likely N-dealkylation sites (tertiary alicyclic amines) is 1. The van der Waals surface area contributed by atoms with Crippen molar-refractivity contribution in [2.24, 2.45) is 5.92 Å². The molecule has 0 aliphatic carbocycles. The number of rotatable bonds is 6. The van der Waals surface area contributed by atoms with Crippen LogP contribution in [0.2, 0.25) is 0 Å². The second-order valence-electron chi connectivity index (χ2n) is 7.23. The molecule has 1 unspecified atom stereocenters. The number of sulfonamides is 1. The first kappa shape index (κ1) is 20.3. The van der Waals surface area contributed by atoms with Crippen LogP contribution < -0.4 is 5.32 Å². The van der Waals surface area contributed by atoms with Gasteiger partial charge in [0.15, 0.2) is 0 Å². The van der Waals surface area contributed by atoms with Crippen LogP contribution >= 0.6 is 0 Å². The van der Waals surface area contributed by atoms with Crippen LogP contribution in [0.5, 0.6) is 0 Å². The van der Waals surface area contributed by atoms with Crippen molar-refractivity contribution in [1.29, 1.82) is 0 Å². The maximum Gasteiger partial charge on any atom is 0.401 e. The predicted octanol–water partition coefficient (Wildman–Crippen LogP) is 2.55. The van der Waals surface area contributed by atoms with Crippen molar-refractivity contribution in [3.8, 4) is 0 Å². The summed E-state index contributed by atoms with van der Waals surface area (Å²) in [6.45, 7) is 1.56. The van der Waals surface area contributed by atoms with Crippen LogP contribution in [0.25, 0.3) is 0 Å². The third-order valence-electron chi connectivity index (χ3n) is 5.03. The number of nitrogens with zero attached hydrogens (tertiary/aromatic N) is 3. The summed E-state index contributed by atoms with van der Waals surface area (Å²) in [5, 5.41) is 3.10. The lowest BCUT2D eigenvalue weighted by atomic mass is 10.1. The first-order valence-corrected chi connectivity index (χ1v) is 10.7. The topological polar surface area (TPSA) is 65.5 Å². The van der Waals surface area contributed by atoms with E-state index in [0.717, 1.165) is 19.3 Å². The molecular weight excluding hydrogens is 381 g/mol. The molecule has 27 heavy (non-hydrogen) atoms. The van der Waals surface area contributed by atoms with Crippen LogP contribution in [0.4, 0.5) is 19.0 Å². The van der Waals surface area contributed by atoms with Gasteiger partial charge >= 0.3 is 6.18 Å². The van der Waals surface area contributed by atoms with E-state index in [2.05, 4.69) is 10.3 Å².